The Bertz CT molecular complexity index is 598. The summed E-state index contributed by atoms with van der Waals surface area (Å²) in [5.74, 6) is 0. The lowest BCUT2D eigenvalue weighted by atomic mass is 9.75. The third-order valence-electron chi connectivity index (χ3n) is 3.91. The first-order chi connectivity index (χ1) is 9.30. The fourth-order valence-corrected chi connectivity index (χ4v) is 1.98. The quantitative estimate of drug-likeness (QED) is 0.756. The molecule has 0 saturated carbocycles. The van der Waals surface area contributed by atoms with E-state index in [2.05, 4.69) is 11.1 Å². The molecule has 1 aliphatic rings. The Morgan fingerprint density at radius 1 is 1.20 bits per heavy atom. The largest absolute Gasteiger partial charge is 0.495 e. The van der Waals surface area contributed by atoms with Crippen LogP contribution in [0.3, 0.4) is 0 Å². The van der Waals surface area contributed by atoms with Crippen LogP contribution in [0.4, 0.5) is 0 Å². The molecular formula is C14H16BN3O2. The van der Waals surface area contributed by atoms with Crippen molar-refractivity contribution in [2.75, 3.05) is 0 Å². The van der Waals surface area contributed by atoms with Crippen molar-refractivity contribution in [3.63, 3.8) is 0 Å². The summed E-state index contributed by atoms with van der Waals surface area (Å²) in [7, 11) is -0.585. The lowest BCUT2D eigenvalue weighted by Gasteiger charge is -2.32. The van der Waals surface area contributed by atoms with E-state index in [1.54, 1.807) is 12.3 Å². The molecule has 6 heteroatoms. The molecule has 2 rings (SSSR count). The number of nitrogens with zero attached hydrogens (tertiary/aromatic N) is 3. The van der Waals surface area contributed by atoms with Gasteiger partial charge in [0.15, 0.2) is 0 Å². The van der Waals surface area contributed by atoms with Crippen LogP contribution in [0.15, 0.2) is 12.3 Å². The van der Waals surface area contributed by atoms with E-state index in [-0.39, 0.29) is 12.1 Å². The molecule has 0 aromatic carbocycles. The van der Waals surface area contributed by atoms with Crippen LogP contribution in [0.2, 0.25) is 0 Å². The average molecular weight is 269 g/mol. The third kappa shape index (κ3) is 2.41. The number of hydrogen-bond donors (Lipinski definition) is 0. The Morgan fingerprint density at radius 3 is 2.30 bits per heavy atom. The first-order valence-corrected chi connectivity index (χ1v) is 6.42. The topological polar surface area (TPSA) is 78.9 Å². The van der Waals surface area contributed by atoms with Crippen LogP contribution in [-0.4, -0.2) is 23.3 Å². The van der Waals surface area contributed by atoms with Crippen LogP contribution in [0.5, 0.6) is 0 Å². The molecule has 0 amide bonds. The minimum absolute atomic E-state index is 0.206. The Hall–Kier alpha value is -1.89. The zero-order valence-electron chi connectivity index (χ0n) is 12.1. The predicted molar refractivity (Wildman–Crippen MR) is 74.0 cm³/mol. The second kappa shape index (κ2) is 4.90. The van der Waals surface area contributed by atoms with Crippen LogP contribution in [0.1, 0.15) is 39.0 Å². The molecule has 0 unspecified atom stereocenters. The number of rotatable bonds is 2. The summed E-state index contributed by atoms with van der Waals surface area (Å²) < 4.78 is 11.9. The van der Waals surface area contributed by atoms with Crippen molar-refractivity contribution in [2.45, 2.75) is 45.3 Å². The average Bonchev–Trinajstić information content (AvgIpc) is 2.59. The van der Waals surface area contributed by atoms with Gasteiger partial charge in [0, 0.05) is 6.20 Å². The molecular weight excluding hydrogens is 253 g/mol. The molecule has 1 fully saturated rings. The maximum atomic E-state index is 8.97. The van der Waals surface area contributed by atoms with E-state index in [9.17, 15) is 0 Å². The van der Waals surface area contributed by atoms with E-state index < -0.39 is 18.3 Å². The highest BCUT2D eigenvalue weighted by molar-refractivity contribution is 6.62. The highest BCUT2D eigenvalue weighted by Crippen LogP contribution is 2.36. The zero-order valence-corrected chi connectivity index (χ0v) is 12.1. The number of nitriles is 2. The molecule has 5 nitrogen and oxygen atoms in total. The molecule has 20 heavy (non-hydrogen) atoms. The summed E-state index contributed by atoms with van der Waals surface area (Å²) in [4.78, 5) is 4.00. The molecule has 102 valence electrons. The van der Waals surface area contributed by atoms with Gasteiger partial charge in [0.05, 0.1) is 23.7 Å². The lowest BCUT2D eigenvalue weighted by molar-refractivity contribution is 0.00578. The van der Waals surface area contributed by atoms with Crippen LogP contribution < -0.4 is 5.46 Å². The molecule has 0 atom stereocenters. The van der Waals surface area contributed by atoms with Crippen molar-refractivity contribution >= 4 is 12.6 Å². The van der Waals surface area contributed by atoms with Crippen molar-refractivity contribution < 1.29 is 9.31 Å². The fraction of sp³-hybridized carbons (Fsp3) is 0.500. The number of pyridine rings is 1. The molecule has 0 aliphatic carbocycles. The van der Waals surface area contributed by atoms with Gasteiger partial charge in [0.25, 0.3) is 0 Å². The molecule has 2 heterocycles. The van der Waals surface area contributed by atoms with Crippen LogP contribution >= 0.6 is 0 Å². The second-order valence-electron chi connectivity index (χ2n) is 5.80. The van der Waals surface area contributed by atoms with Crippen LogP contribution in [-0.2, 0) is 15.7 Å². The summed E-state index contributed by atoms with van der Waals surface area (Å²) >= 11 is 0. The smallest absolute Gasteiger partial charge is 0.399 e. The van der Waals surface area contributed by atoms with Gasteiger partial charge in [-0.1, -0.05) is 0 Å². The summed E-state index contributed by atoms with van der Waals surface area (Å²) in [6, 6.07) is 5.72. The highest BCUT2D eigenvalue weighted by Gasteiger charge is 2.52. The van der Waals surface area contributed by atoms with Crippen molar-refractivity contribution in [1.29, 1.82) is 10.5 Å². The van der Waals surface area contributed by atoms with Crippen molar-refractivity contribution in [1.82, 2.24) is 4.98 Å². The number of hydrogen-bond acceptors (Lipinski definition) is 5. The fourth-order valence-electron chi connectivity index (χ4n) is 1.98. The molecule has 1 aliphatic heterocycles. The molecule has 1 aromatic rings. The van der Waals surface area contributed by atoms with E-state index >= 15 is 0 Å². The Kier molecular flexibility index (Phi) is 3.56. The van der Waals surface area contributed by atoms with Crippen molar-refractivity contribution in [2.24, 2.45) is 0 Å². The maximum Gasteiger partial charge on any atom is 0.495 e. The van der Waals surface area contributed by atoms with Crippen molar-refractivity contribution in [3.8, 4) is 12.1 Å². The van der Waals surface area contributed by atoms with Gasteiger partial charge in [0.2, 0.25) is 0 Å². The van der Waals surface area contributed by atoms with Gasteiger partial charge in [-0.2, -0.15) is 10.5 Å². The van der Waals surface area contributed by atoms with E-state index in [1.165, 1.54) is 0 Å². The first-order valence-electron chi connectivity index (χ1n) is 6.42. The standard InChI is InChI=1S/C14H16BN3O2/c1-13(2)14(3,4)20-15(19-13)12-7-11(8-17)18-9-10(12)5-6-16/h7,9H,5H2,1-4H3. The first kappa shape index (κ1) is 14.5. The Morgan fingerprint density at radius 2 is 1.80 bits per heavy atom. The minimum Gasteiger partial charge on any atom is -0.399 e. The monoisotopic (exact) mass is 269 g/mol. The number of aromatic nitrogens is 1. The summed E-state index contributed by atoms with van der Waals surface area (Å²) in [6.45, 7) is 7.85. The van der Waals surface area contributed by atoms with Crippen LogP contribution in [0, 0.1) is 22.7 Å². The lowest BCUT2D eigenvalue weighted by Crippen LogP contribution is -2.41. The SMILES string of the molecule is CC1(C)OB(c2cc(C#N)ncc2CC#N)OC1(C)C. The van der Waals surface area contributed by atoms with Gasteiger partial charge in [0.1, 0.15) is 11.8 Å². The highest BCUT2D eigenvalue weighted by atomic mass is 16.7. The molecule has 0 bridgehead atoms. The molecule has 0 radical (unpaired) electrons. The van der Waals surface area contributed by atoms with Crippen LogP contribution in [0.25, 0.3) is 0 Å². The molecule has 1 aromatic heterocycles. The van der Waals surface area contributed by atoms with Gasteiger partial charge in [-0.15, -0.1) is 0 Å². The Balaban J connectivity index is 2.43. The van der Waals surface area contributed by atoms with E-state index in [0.29, 0.717) is 5.46 Å². The second-order valence-corrected chi connectivity index (χ2v) is 5.80. The predicted octanol–water partition coefficient (Wildman–Crippen LogP) is 1.32. The molecule has 0 N–H and O–H groups in total. The maximum absolute atomic E-state index is 8.97. The molecule has 0 spiro atoms. The van der Waals surface area contributed by atoms with Gasteiger partial charge in [-0.25, -0.2) is 4.98 Å². The third-order valence-corrected chi connectivity index (χ3v) is 3.91. The van der Waals surface area contributed by atoms with E-state index in [1.807, 2.05) is 33.8 Å². The van der Waals surface area contributed by atoms with E-state index in [0.717, 1.165) is 5.56 Å². The molecule has 1 saturated heterocycles. The van der Waals surface area contributed by atoms with Gasteiger partial charge >= 0.3 is 7.12 Å². The van der Waals surface area contributed by atoms with E-state index in [4.69, 9.17) is 19.8 Å². The van der Waals surface area contributed by atoms with Gasteiger partial charge in [-0.3, -0.25) is 0 Å². The summed E-state index contributed by atoms with van der Waals surface area (Å²) in [5, 5.41) is 17.9. The minimum atomic E-state index is -0.585. The Labute approximate surface area is 119 Å². The van der Waals surface area contributed by atoms with Gasteiger partial charge < -0.3 is 9.31 Å². The summed E-state index contributed by atoms with van der Waals surface area (Å²) in [6.07, 6.45) is 1.75. The van der Waals surface area contributed by atoms with Crippen molar-refractivity contribution in [3.05, 3.63) is 23.5 Å². The zero-order chi connectivity index (χ0) is 15.0. The summed E-state index contributed by atoms with van der Waals surface area (Å²) in [5.41, 5.74) is 0.799. The van der Waals surface area contributed by atoms with Gasteiger partial charge in [-0.05, 0) is 44.8 Å². The normalized spacial score (nSPS) is 19.4.